The number of esters is 1. The number of rotatable bonds is 41. The van der Waals surface area contributed by atoms with Gasteiger partial charge in [0.1, 0.15) is 42.7 Å². The Morgan fingerprint density at radius 3 is 1.19 bits per heavy atom. The molecule has 1 fully saturated rings. The van der Waals surface area contributed by atoms with Crippen LogP contribution in [0.2, 0.25) is 0 Å². The van der Waals surface area contributed by atoms with E-state index >= 15 is 0 Å². The molecular formula is C45H89O12P. The van der Waals surface area contributed by atoms with Crippen LogP contribution in [-0.4, -0.2) is 98.9 Å². The van der Waals surface area contributed by atoms with Crippen molar-refractivity contribution in [3.05, 3.63) is 0 Å². The fraction of sp³-hybridized carbons (Fsp3) is 0.978. The first kappa shape index (κ1) is 55.4. The summed E-state index contributed by atoms with van der Waals surface area (Å²) in [5.41, 5.74) is 0. The first-order valence-corrected chi connectivity index (χ1v) is 25.4. The van der Waals surface area contributed by atoms with Gasteiger partial charge in [0.2, 0.25) is 0 Å². The summed E-state index contributed by atoms with van der Waals surface area (Å²) in [6, 6.07) is 0. The molecule has 0 saturated heterocycles. The molecule has 0 aromatic rings. The molecule has 0 spiro atoms. The molecule has 13 heteroatoms. The second-order valence-electron chi connectivity index (χ2n) is 17.0. The Bertz CT molecular complexity index is 973. The summed E-state index contributed by atoms with van der Waals surface area (Å²) in [5, 5.41) is 50.2. The maximum atomic E-state index is 12.8. The molecule has 8 atom stereocenters. The van der Waals surface area contributed by atoms with Gasteiger partial charge in [0.05, 0.1) is 13.2 Å². The minimum atomic E-state index is -5.01. The Morgan fingerprint density at radius 2 is 0.810 bits per heavy atom. The average Bonchev–Trinajstić information content (AvgIpc) is 3.21. The van der Waals surface area contributed by atoms with Gasteiger partial charge in [-0.1, -0.05) is 200 Å². The third kappa shape index (κ3) is 28.8. The van der Waals surface area contributed by atoms with Crippen LogP contribution in [0.5, 0.6) is 0 Å². The van der Waals surface area contributed by atoms with Gasteiger partial charge in [0.25, 0.3) is 0 Å². The fourth-order valence-corrected chi connectivity index (χ4v) is 8.62. The van der Waals surface area contributed by atoms with Crippen LogP contribution in [0, 0.1) is 0 Å². The van der Waals surface area contributed by atoms with E-state index in [0.29, 0.717) is 13.0 Å². The Morgan fingerprint density at radius 1 is 0.483 bits per heavy atom. The molecule has 6 N–H and O–H groups in total. The number of hydrogen-bond donors (Lipinski definition) is 6. The summed E-state index contributed by atoms with van der Waals surface area (Å²) in [7, 11) is -5.01. The molecule has 1 rings (SSSR count). The van der Waals surface area contributed by atoms with E-state index in [0.717, 1.165) is 38.5 Å². The number of carbonyl (C=O) groups is 1. The highest BCUT2D eigenvalue weighted by Crippen LogP contribution is 2.47. The van der Waals surface area contributed by atoms with Crippen LogP contribution in [0.4, 0.5) is 0 Å². The predicted octanol–water partition coefficient (Wildman–Crippen LogP) is 9.76. The second-order valence-corrected chi connectivity index (χ2v) is 18.4. The third-order valence-corrected chi connectivity index (χ3v) is 12.5. The minimum absolute atomic E-state index is 0.0682. The number of ether oxygens (including phenoxy) is 2. The normalized spacial score (nSPS) is 22.6. The van der Waals surface area contributed by atoms with Crippen molar-refractivity contribution >= 4 is 13.8 Å². The van der Waals surface area contributed by atoms with Gasteiger partial charge in [0, 0.05) is 13.0 Å². The maximum Gasteiger partial charge on any atom is 0.472 e. The molecule has 1 saturated carbocycles. The topological polar surface area (TPSA) is 192 Å². The molecule has 0 aromatic heterocycles. The number of hydrogen-bond acceptors (Lipinski definition) is 11. The van der Waals surface area contributed by atoms with E-state index in [1.165, 1.54) is 154 Å². The van der Waals surface area contributed by atoms with E-state index in [-0.39, 0.29) is 13.0 Å². The van der Waals surface area contributed by atoms with E-state index < -0.39 is 63.1 Å². The van der Waals surface area contributed by atoms with E-state index in [1.54, 1.807) is 0 Å². The molecule has 0 amide bonds. The van der Waals surface area contributed by atoms with Crippen molar-refractivity contribution in [1.82, 2.24) is 0 Å². The van der Waals surface area contributed by atoms with Gasteiger partial charge in [0.15, 0.2) is 0 Å². The molecule has 6 unspecified atom stereocenters. The zero-order chi connectivity index (χ0) is 42.7. The summed E-state index contributed by atoms with van der Waals surface area (Å²) in [6.07, 6.45) is 26.0. The molecule has 1 aliphatic carbocycles. The Balaban J connectivity index is 2.34. The largest absolute Gasteiger partial charge is 0.472 e. The van der Waals surface area contributed by atoms with Crippen LogP contribution < -0.4 is 0 Å². The standard InChI is InChI=1S/C45H89O12P/c1-3-5-7-9-11-13-15-17-18-19-20-21-22-23-24-26-28-30-32-34-39(46)56-38(36-54-35-33-31-29-27-25-16-14-12-10-8-6-4-2)37-55-58(52,53)57-45-43(50)41(48)40(47)42(49)44(45)51/h38,40-45,47-51H,3-37H2,1-2H3,(H,52,53)/t38-,40?,41-,42?,43?,44?,45?/m1/s1. The Kier molecular flexibility index (Phi) is 35.3. The Hall–Kier alpha value is -0.660. The minimum Gasteiger partial charge on any atom is -0.457 e. The lowest BCUT2D eigenvalue weighted by Crippen LogP contribution is -2.64. The molecule has 346 valence electrons. The monoisotopic (exact) mass is 853 g/mol. The lowest BCUT2D eigenvalue weighted by Gasteiger charge is -2.41. The van der Waals surface area contributed by atoms with Crippen molar-refractivity contribution in [2.45, 2.75) is 262 Å². The van der Waals surface area contributed by atoms with Crippen LogP contribution >= 0.6 is 7.82 Å². The van der Waals surface area contributed by atoms with Gasteiger partial charge >= 0.3 is 13.8 Å². The fourth-order valence-electron chi connectivity index (χ4n) is 7.65. The summed E-state index contributed by atoms with van der Waals surface area (Å²) in [5.74, 6) is -0.471. The second kappa shape index (κ2) is 36.9. The quantitative estimate of drug-likeness (QED) is 0.0194. The van der Waals surface area contributed by atoms with E-state index in [4.69, 9.17) is 18.5 Å². The van der Waals surface area contributed by atoms with Gasteiger partial charge in [-0.2, -0.15) is 0 Å². The SMILES string of the molecule is CCCCCCCCCCCCCCCCCCCCCC(=O)O[C@H](COCCCCCCCCCCCCCC)COP(=O)(O)OC1C(O)C(O)C(O)[C@@H](O)C1O. The highest BCUT2D eigenvalue weighted by molar-refractivity contribution is 7.47. The lowest BCUT2D eigenvalue weighted by molar-refractivity contribution is -0.220. The highest BCUT2D eigenvalue weighted by atomic mass is 31.2. The van der Waals surface area contributed by atoms with Gasteiger partial charge in [-0.3, -0.25) is 13.8 Å². The predicted molar refractivity (Wildman–Crippen MR) is 230 cm³/mol. The summed E-state index contributed by atoms with van der Waals surface area (Å²) in [4.78, 5) is 23.2. The van der Waals surface area contributed by atoms with Crippen molar-refractivity contribution in [3.8, 4) is 0 Å². The van der Waals surface area contributed by atoms with Crippen molar-refractivity contribution in [3.63, 3.8) is 0 Å². The smallest absolute Gasteiger partial charge is 0.457 e. The third-order valence-electron chi connectivity index (χ3n) is 11.5. The van der Waals surface area contributed by atoms with Gasteiger partial charge in [-0.25, -0.2) is 4.57 Å². The molecule has 0 bridgehead atoms. The summed E-state index contributed by atoms with van der Waals surface area (Å²) >= 11 is 0. The number of aliphatic hydroxyl groups excluding tert-OH is 5. The van der Waals surface area contributed by atoms with Gasteiger partial charge in [-0.15, -0.1) is 0 Å². The van der Waals surface area contributed by atoms with Crippen LogP contribution in [0.1, 0.15) is 219 Å². The van der Waals surface area contributed by atoms with Crippen molar-refractivity contribution in [2.75, 3.05) is 19.8 Å². The van der Waals surface area contributed by atoms with Crippen LogP contribution in [0.3, 0.4) is 0 Å². The number of phosphoric ester groups is 1. The van der Waals surface area contributed by atoms with E-state index in [9.17, 15) is 39.8 Å². The summed E-state index contributed by atoms with van der Waals surface area (Å²) < 4.78 is 34.2. The zero-order valence-corrected chi connectivity index (χ0v) is 37.8. The Labute approximate surface area is 353 Å². The van der Waals surface area contributed by atoms with Gasteiger partial charge < -0.3 is 39.9 Å². The summed E-state index contributed by atoms with van der Waals surface area (Å²) in [6.45, 7) is 4.29. The first-order chi connectivity index (χ1) is 28.0. The zero-order valence-electron chi connectivity index (χ0n) is 36.9. The van der Waals surface area contributed by atoms with Crippen LogP contribution in [-0.2, 0) is 27.9 Å². The van der Waals surface area contributed by atoms with Crippen LogP contribution in [0.15, 0.2) is 0 Å². The number of unbranched alkanes of at least 4 members (excludes halogenated alkanes) is 29. The van der Waals surface area contributed by atoms with Gasteiger partial charge in [-0.05, 0) is 12.8 Å². The number of carbonyl (C=O) groups excluding carboxylic acids is 1. The molecule has 58 heavy (non-hydrogen) atoms. The molecule has 0 heterocycles. The van der Waals surface area contributed by atoms with Crippen molar-refractivity contribution in [1.29, 1.82) is 0 Å². The first-order valence-electron chi connectivity index (χ1n) is 23.9. The molecule has 0 radical (unpaired) electrons. The maximum absolute atomic E-state index is 12.8. The highest BCUT2D eigenvalue weighted by Gasteiger charge is 2.51. The molecule has 1 aliphatic rings. The van der Waals surface area contributed by atoms with Crippen molar-refractivity contribution in [2.24, 2.45) is 0 Å². The molecule has 0 aromatic carbocycles. The van der Waals surface area contributed by atoms with Crippen LogP contribution in [0.25, 0.3) is 0 Å². The lowest BCUT2D eigenvalue weighted by atomic mass is 9.85. The number of aliphatic hydroxyl groups is 5. The van der Waals surface area contributed by atoms with Crippen molar-refractivity contribution < 1.29 is 58.3 Å². The molecular weight excluding hydrogens is 763 g/mol. The van der Waals surface area contributed by atoms with E-state index in [1.807, 2.05) is 0 Å². The van der Waals surface area contributed by atoms with E-state index in [2.05, 4.69) is 13.8 Å². The molecule has 0 aliphatic heterocycles. The number of phosphoric acid groups is 1. The average molecular weight is 853 g/mol. The molecule has 12 nitrogen and oxygen atoms in total.